The number of aliphatic hydroxyl groups is 1. The van der Waals surface area contributed by atoms with Gasteiger partial charge in [-0.1, -0.05) is 16.8 Å². The van der Waals surface area contributed by atoms with Crippen LogP contribution in [-0.2, 0) is 0 Å². The quantitative estimate of drug-likeness (QED) is 0.920. The van der Waals surface area contributed by atoms with Gasteiger partial charge in [0.25, 0.3) is 5.91 Å². The van der Waals surface area contributed by atoms with Crippen molar-refractivity contribution in [3.63, 3.8) is 0 Å². The van der Waals surface area contributed by atoms with Gasteiger partial charge in [-0.15, -0.1) is 0 Å². The first-order valence-electron chi connectivity index (χ1n) is 8.08. The smallest absolute Gasteiger partial charge is 0.259 e. The lowest BCUT2D eigenvalue weighted by Crippen LogP contribution is -2.46. The van der Waals surface area contributed by atoms with Crippen LogP contribution in [0.25, 0.3) is 11.3 Å². The second kappa shape index (κ2) is 6.57. The molecule has 1 saturated heterocycles. The number of hydrogen-bond acceptors (Lipinski definition) is 4. The first-order chi connectivity index (χ1) is 11.4. The maximum Gasteiger partial charge on any atom is 0.259 e. The average molecular weight is 349 g/mol. The summed E-state index contributed by atoms with van der Waals surface area (Å²) < 4.78 is 5.31. The van der Waals surface area contributed by atoms with Crippen molar-refractivity contribution in [2.75, 3.05) is 13.1 Å². The van der Waals surface area contributed by atoms with Gasteiger partial charge in [0.05, 0.1) is 11.8 Å². The second-order valence-electron chi connectivity index (χ2n) is 6.82. The van der Waals surface area contributed by atoms with Crippen molar-refractivity contribution in [2.45, 2.75) is 32.3 Å². The van der Waals surface area contributed by atoms with Crippen LogP contribution in [-0.4, -0.2) is 39.8 Å². The van der Waals surface area contributed by atoms with Crippen LogP contribution in [0.5, 0.6) is 0 Å². The molecule has 128 valence electrons. The Morgan fingerprint density at radius 1 is 1.38 bits per heavy atom. The minimum atomic E-state index is -0.799. The maximum absolute atomic E-state index is 12.9. The van der Waals surface area contributed by atoms with E-state index in [0.717, 1.165) is 18.4 Å². The Balaban J connectivity index is 1.83. The highest BCUT2D eigenvalue weighted by Crippen LogP contribution is 2.30. The van der Waals surface area contributed by atoms with Crippen LogP contribution >= 0.6 is 11.6 Å². The van der Waals surface area contributed by atoms with Gasteiger partial charge in [0.15, 0.2) is 5.76 Å². The molecular formula is C18H21ClN2O3. The van der Waals surface area contributed by atoms with Gasteiger partial charge < -0.3 is 14.5 Å². The molecule has 3 rings (SSSR count). The Morgan fingerprint density at radius 3 is 2.75 bits per heavy atom. The van der Waals surface area contributed by atoms with E-state index in [-0.39, 0.29) is 11.8 Å². The molecule has 2 aromatic rings. The molecule has 1 aromatic carbocycles. The molecule has 0 saturated carbocycles. The molecule has 1 aliphatic heterocycles. The molecule has 1 fully saturated rings. The zero-order chi connectivity index (χ0) is 17.3. The molecule has 0 unspecified atom stereocenters. The molecule has 1 N–H and O–H groups in total. The highest BCUT2D eigenvalue weighted by atomic mass is 35.5. The lowest BCUT2D eigenvalue weighted by Gasteiger charge is -2.38. The van der Waals surface area contributed by atoms with Crippen molar-refractivity contribution in [1.29, 1.82) is 0 Å². The van der Waals surface area contributed by atoms with Crippen LogP contribution in [0.4, 0.5) is 0 Å². The first kappa shape index (κ1) is 17.0. The van der Waals surface area contributed by atoms with E-state index < -0.39 is 5.60 Å². The Labute approximate surface area is 146 Å². The summed E-state index contributed by atoms with van der Waals surface area (Å²) in [7, 11) is 0. The summed E-state index contributed by atoms with van der Waals surface area (Å²) in [6.45, 7) is 4.80. The van der Waals surface area contributed by atoms with E-state index in [0.29, 0.717) is 29.4 Å². The third kappa shape index (κ3) is 3.47. The number of piperidine rings is 1. The molecule has 0 radical (unpaired) electrons. The van der Waals surface area contributed by atoms with Gasteiger partial charge in [0.1, 0.15) is 5.56 Å². The summed E-state index contributed by atoms with van der Waals surface area (Å²) in [5.74, 6) is 0.395. The first-order valence-corrected chi connectivity index (χ1v) is 8.46. The number of carbonyl (C=O) groups excluding carboxylic acids is 1. The molecule has 24 heavy (non-hydrogen) atoms. The molecular weight excluding hydrogens is 328 g/mol. The molecule has 0 aliphatic carbocycles. The second-order valence-corrected chi connectivity index (χ2v) is 7.26. The molecule has 1 aliphatic rings. The van der Waals surface area contributed by atoms with Crippen molar-refractivity contribution < 1.29 is 14.4 Å². The van der Waals surface area contributed by atoms with Crippen LogP contribution in [0.15, 0.2) is 35.0 Å². The molecule has 5 nitrogen and oxygen atoms in total. The highest BCUT2D eigenvalue weighted by molar-refractivity contribution is 6.30. The normalized spacial score (nSPS) is 18.7. The lowest BCUT2D eigenvalue weighted by atomic mass is 9.84. The number of halogens is 1. The molecule has 1 atom stereocenters. The van der Waals surface area contributed by atoms with Crippen LogP contribution < -0.4 is 0 Å². The van der Waals surface area contributed by atoms with Crippen molar-refractivity contribution in [3.8, 4) is 11.3 Å². The van der Waals surface area contributed by atoms with E-state index in [1.165, 1.54) is 6.20 Å². The summed E-state index contributed by atoms with van der Waals surface area (Å²) in [6, 6.07) is 7.10. The number of nitrogens with zero attached hydrogens (tertiary/aromatic N) is 2. The fourth-order valence-electron chi connectivity index (χ4n) is 3.11. The van der Waals surface area contributed by atoms with Gasteiger partial charge in [0.2, 0.25) is 0 Å². The molecule has 0 spiro atoms. The van der Waals surface area contributed by atoms with Gasteiger partial charge in [0, 0.05) is 29.6 Å². The van der Waals surface area contributed by atoms with Gasteiger partial charge in [-0.2, -0.15) is 0 Å². The Bertz CT molecular complexity index is 719. The van der Waals surface area contributed by atoms with Crippen molar-refractivity contribution >= 4 is 17.5 Å². The predicted octanol–water partition coefficient (Wildman–Crippen LogP) is 3.62. The van der Waals surface area contributed by atoms with E-state index in [9.17, 15) is 9.90 Å². The SMILES string of the molecule is CC(C)(O)[C@H]1CCCN(C(=O)c2cnoc2-c2ccc(Cl)cc2)C1. The summed E-state index contributed by atoms with van der Waals surface area (Å²) in [5.41, 5.74) is 0.400. The average Bonchev–Trinajstić information content (AvgIpc) is 3.04. The van der Waals surface area contributed by atoms with Gasteiger partial charge in [-0.3, -0.25) is 4.79 Å². The number of amides is 1. The Kier molecular flexibility index (Phi) is 4.65. The standard InChI is InChI=1S/C18H21ClN2O3/c1-18(2,23)13-4-3-9-21(11-13)17(22)15-10-20-24-16(15)12-5-7-14(19)8-6-12/h5-8,10,13,23H,3-4,9,11H2,1-2H3/t13-/m0/s1. The molecule has 1 amide bonds. The number of carbonyl (C=O) groups is 1. The number of rotatable bonds is 3. The zero-order valence-electron chi connectivity index (χ0n) is 13.8. The van der Waals surface area contributed by atoms with E-state index in [1.54, 1.807) is 43.0 Å². The Hall–Kier alpha value is -1.85. The van der Waals surface area contributed by atoms with Gasteiger partial charge in [-0.25, -0.2) is 0 Å². The summed E-state index contributed by atoms with van der Waals surface area (Å²) in [4.78, 5) is 14.7. The topological polar surface area (TPSA) is 66.6 Å². The van der Waals surface area contributed by atoms with Crippen LogP contribution in [0, 0.1) is 5.92 Å². The highest BCUT2D eigenvalue weighted by Gasteiger charge is 2.34. The van der Waals surface area contributed by atoms with Gasteiger partial charge in [-0.05, 0) is 51.0 Å². The lowest BCUT2D eigenvalue weighted by molar-refractivity contribution is -0.0146. The van der Waals surface area contributed by atoms with E-state index in [4.69, 9.17) is 16.1 Å². The summed E-state index contributed by atoms with van der Waals surface area (Å²) >= 11 is 5.91. The van der Waals surface area contributed by atoms with E-state index in [1.807, 2.05) is 0 Å². The summed E-state index contributed by atoms with van der Waals surface area (Å²) in [5, 5.41) is 14.7. The summed E-state index contributed by atoms with van der Waals surface area (Å²) in [6.07, 6.45) is 3.25. The maximum atomic E-state index is 12.9. The number of benzene rings is 1. The zero-order valence-corrected chi connectivity index (χ0v) is 14.6. The minimum Gasteiger partial charge on any atom is -0.390 e. The third-order valence-electron chi connectivity index (χ3n) is 4.61. The van der Waals surface area contributed by atoms with Gasteiger partial charge >= 0.3 is 0 Å². The van der Waals surface area contributed by atoms with Crippen LogP contribution in [0.3, 0.4) is 0 Å². The molecule has 2 heterocycles. The van der Waals surface area contributed by atoms with Crippen molar-refractivity contribution in [3.05, 3.63) is 41.0 Å². The Morgan fingerprint density at radius 2 is 2.08 bits per heavy atom. The van der Waals surface area contributed by atoms with Crippen molar-refractivity contribution in [1.82, 2.24) is 10.1 Å². The largest absolute Gasteiger partial charge is 0.390 e. The molecule has 0 bridgehead atoms. The van der Waals surface area contributed by atoms with E-state index >= 15 is 0 Å². The molecule has 1 aromatic heterocycles. The molecule has 6 heteroatoms. The monoisotopic (exact) mass is 348 g/mol. The number of likely N-dealkylation sites (tertiary alicyclic amines) is 1. The number of aromatic nitrogens is 1. The van der Waals surface area contributed by atoms with Crippen molar-refractivity contribution in [2.24, 2.45) is 5.92 Å². The van der Waals surface area contributed by atoms with E-state index in [2.05, 4.69) is 5.16 Å². The predicted molar refractivity (Wildman–Crippen MR) is 91.9 cm³/mol. The van der Waals surface area contributed by atoms with Crippen LogP contribution in [0.2, 0.25) is 5.02 Å². The van der Waals surface area contributed by atoms with Crippen LogP contribution in [0.1, 0.15) is 37.0 Å². The number of hydrogen-bond donors (Lipinski definition) is 1. The fourth-order valence-corrected chi connectivity index (χ4v) is 3.24. The minimum absolute atomic E-state index is 0.0639. The third-order valence-corrected chi connectivity index (χ3v) is 4.87. The fraction of sp³-hybridized carbons (Fsp3) is 0.444.